The van der Waals surface area contributed by atoms with Gasteiger partial charge in [0.25, 0.3) is 0 Å². The van der Waals surface area contributed by atoms with Crippen LogP contribution in [0.5, 0.6) is 0 Å². The van der Waals surface area contributed by atoms with Crippen LogP contribution in [0.15, 0.2) is 24.3 Å². The van der Waals surface area contributed by atoms with E-state index in [0.717, 1.165) is 18.4 Å². The van der Waals surface area contributed by atoms with E-state index in [0.29, 0.717) is 5.56 Å². The molecule has 0 amide bonds. The number of nitriles is 1. The highest BCUT2D eigenvalue weighted by atomic mass is 16.1. The van der Waals surface area contributed by atoms with Gasteiger partial charge in [-0.1, -0.05) is 18.2 Å². The second-order valence-electron chi connectivity index (χ2n) is 3.38. The Hall–Kier alpha value is -1.62. The minimum Gasteiger partial charge on any atom is -0.285 e. The number of nitrogens with zero attached hydrogens (tertiary/aromatic N) is 1. The monoisotopic (exact) mass is 170 g/mol. The fourth-order valence-electron chi connectivity index (χ4n) is 1.47. The van der Waals surface area contributed by atoms with E-state index in [4.69, 9.17) is 5.26 Å². The van der Waals surface area contributed by atoms with Crippen LogP contribution >= 0.6 is 0 Å². The summed E-state index contributed by atoms with van der Waals surface area (Å²) in [6, 6.07) is 9.44. The van der Waals surface area contributed by atoms with Gasteiger partial charge in [-0.15, -0.1) is 0 Å². The minimum absolute atomic E-state index is 0.299. The van der Waals surface area contributed by atoms with Crippen LogP contribution in [0.3, 0.4) is 0 Å². The second-order valence-corrected chi connectivity index (χ2v) is 3.38. The van der Waals surface area contributed by atoms with Crippen molar-refractivity contribution in [2.24, 2.45) is 0 Å². The van der Waals surface area contributed by atoms with Crippen LogP contribution in [0.4, 0.5) is 0 Å². The van der Waals surface area contributed by atoms with Gasteiger partial charge in [-0.2, -0.15) is 5.26 Å². The third-order valence-corrected chi connectivity index (χ3v) is 2.50. The highest BCUT2D eigenvalue weighted by Gasteiger charge is 2.44. The number of benzene rings is 1. The third-order valence-electron chi connectivity index (χ3n) is 2.50. The Kier molecular flexibility index (Phi) is 1.66. The SMILES string of the molecule is N#CC1(c2cccc([C]=O)c2)CC1. The molecule has 0 spiro atoms. The average molecular weight is 170 g/mol. The molecule has 0 N–H and O–H groups in total. The van der Waals surface area contributed by atoms with Crippen LogP contribution in [0.25, 0.3) is 0 Å². The smallest absolute Gasteiger partial charge is 0.233 e. The van der Waals surface area contributed by atoms with Crippen molar-refractivity contribution in [3.8, 4) is 6.07 Å². The summed E-state index contributed by atoms with van der Waals surface area (Å²) in [5.41, 5.74) is 1.18. The molecule has 0 bridgehead atoms. The Balaban J connectivity index is 2.42. The summed E-state index contributed by atoms with van der Waals surface area (Å²) in [4.78, 5) is 10.4. The summed E-state index contributed by atoms with van der Waals surface area (Å²) in [6.07, 6.45) is 3.65. The van der Waals surface area contributed by atoms with Crippen molar-refractivity contribution in [3.05, 3.63) is 35.4 Å². The molecule has 2 rings (SSSR count). The summed E-state index contributed by atoms with van der Waals surface area (Å²) in [6.45, 7) is 0. The van der Waals surface area contributed by atoms with E-state index in [1.807, 2.05) is 12.4 Å². The van der Waals surface area contributed by atoms with E-state index in [1.54, 1.807) is 18.2 Å². The molecule has 1 fully saturated rings. The lowest BCUT2D eigenvalue weighted by Crippen LogP contribution is -2.02. The van der Waals surface area contributed by atoms with E-state index in [9.17, 15) is 4.79 Å². The molecule has 0 aliphatic heterocycles. The first-order valence-corrected chi connectivity index (χ1v) is 4.21. The van der Waals surface area contributed by atoms with Gasteiger partial charge in [-0.3, -0.25) is 4.79 Å². The van der Waals surface area contributed by atoms with Crippen molar-refractivity contribution in [1.82, 2.24) is 0 Å². The van der Waals surface area contributed by atoms with E-state index >= 15 is 0 Å². The van der Waals surface area contributed by atoms with E-state index in [2.05, 4.69) is 6.07 Å². The number of hydrogen-bond acceptors (Lipinski definition) is 2. The molecule has 0 unspecified atom stereocenters. The van der Waals surface area contributed by atoms with Gasteiger partial charge in [0.2, 0.25) is 6.29 Å². The quantitative estimate of drug-likeness (QED) is 0.677. The molecule has 0 saturated heterocycles. The molecule has 13 heavy (non-hydrogen) atoms. The maximum atomic E-state index is 10.4. The fourth-order valence-corrected chi connectivity index (χ4v) is 1.47. The molecular formula is C11H8NO. The van der Waals surface area contributed by atoms with Gasteiger partial charge in [0.15, 0.2) is 0 Å². The number of carbonyl (C=O) groups excluding carboxylic acids is 1. The van der Waals surface area contributed by atoms with Gasteiger partial charge in [0, 0.05) is 5.56 Å². The molecule has 2 heteroatoms. The van der Waals surface area contributed by atoms with Crippen molar-refractivity contribution in [3.63, 3.8) is 0 Å². The second kappa shape index (κ2) is 2.70. The van der Waals surface area contributed by atoms with Crippen molar-refractivity contribution in [1.29, 1.82) is 5.26 Å². The first-order chi connectivity index (χ1) is 6.30. The van der Waals surface area contributed by atoms with E-state index in [-0.39, 0.29) is 5.41 Å². The van der Waals surface area contributed by atoms with E-state index in [1.165, 1.54) is 0 Å². The fraction of sp³-hybridized carbons (Fsp3) is 0.273. The Morgan fingerprint density at radius 1 is 1.38 bits per heavy atom. The maximum Gasteiger partial charge on any atom is 0.233 e. The zero-order chi connectivity index (χ0) is 9.31. The van der Waals surface area contributed by atoms with Crippen LogP contribution in [0, 0.1) is 11.3 Å². The highest BCUT2D eigenvalue weighted by molar-refractivity contribution is 5.75. The van der Waals surface area contributed by atoms with E-state index < -0.39 is 0 Å². The molecule has 1 radical (unpaired) electrons. The van der Waals surface area contributed by atoms with Crippen LogP contribution in [-0.2, 0) is 10.2 Å². The molecule has 1 saturated carbocycles. The van der Waals surface area contributed by atoms with Crippen LogP contribution in [0.1, 0.15) is 24.0 Å². The summed E-state index contributed by atoms with van der Waals surface area (Å²) in [5.74, 6) is 0. The molecule has 63 valence electrons. The Bertz CT molecular complexity index is 385. The first kappa shape index (κ1) is 8.00. The van der Waals surface area contributed by atoms with Gasteiger partial charge in [0.1, 0.15) is 0 Å². The zero-order valence-electron chi connectivity index (χ0n) is 7.08. The van der Waals surface area contributed by atoms with Crippen LogP contribution in [0.2, 0.25) is 0 Å². The molecule has 0 atom stereocenters. The molecule has 1 aliphatic rings. The summed E-state index contributed by atoms with van der Waals surface area (Å²) < 4.78 is 0. The number of rotatable bonds is 2. The Morgan fingerprint density at radius 2 is 2.15 bits per heavy atom. The lowest BCUT2D eigenvalue weighted by atomic mass is 9.96. The summed E-state index contributed by atoms with van der Waals surface area (Å²) in [5, 5.41) is 8.93. The molecule has 0 heterocycles. The van der Waals surface area contributed by atoms with Crippen molar-refractivity contribution in [2.45, 2.75) is 18.3 Å². The highest BCUT2D eigenvalue weighted by Crippen LogP contribution is 2.47. The topological polar surface area (TPSA) is 40.9 Å². The average Bonchev–Trinajstić information content (AvgIpc) is 2.99. The standard InChI is InChI=1S/C11H8NO/c12-8-11(4-5-11)10-3-1-2-9(6-10)7-13/h1-3,6H,4-5H2. The van der Waals surface area contributed by atoms with Crippen LogP contribution < -0.4 is 0 Å². The zero-order valence-corrected chi connectivity index (χ0v) is 7.08. The largest absolute Gasteiger partial charge is 0.285 e. The Labute approximate surface area is 76.8 Å². The molecule has 0 aromatic heterocycles. The minimum atomic E-state index is -0.299. The summed E-state index contributed by atoms with van der Waals surface area (Å²) >= 11 is 0. The molecule has 1 aliphatic carbocycles. The van der Waals surface area contributed by atoms with Gasteiger partial charge >= 0.3 is 0 Å². The Morgan fingerprint density at radius 3 is 2.69 bits per heavy atom. The first-order valence-electron chi connectivity index (χ1n) is 4.21. The van der Waals surface area contributed by atoms with Crippen molar-refractivity contribution >= 4 is 6.29 Å². The van der Waals surface area contributed by atoms with Gasteiger partial charge in [-0.25, -0.2) is 0 Å². The van der Waals surface area contributed by atoms with Crippen molar-refractivity contribution < 1.29 is 4.79 Å². The lowest BCUT2D eigenvalue weighted by molar-refractivity contribution is 0.562. The normalized spacial score (nSPS) is 17.5. The summed E-state index contributed by atoms with van der Waals surface area (Å²) in [7, 11) is 0. The van der Waals surface area contributed by atoms with Gasteiger partial charge in [-0.05, 0) is 24.5 Å². The van der Waals surface area contributed by atoms with Gasteiger partial charge < -0.3 is 0 Å². The predicted octanol–water partition coefficient (Wildman–Crippen LogP) is 1.70. The van der Waals surface area contributed by atoms with Crippen molar-refractivity contribution in [2.75, 3.05) is 0 Å². The molecule has 2 nitrogen and oxygen atoms in total. The number of hydrogen-bond donors (Lipinski definition) is 0. The third kappa shape index (κ3) is 1.23. The molecule has 1 aromatic carbocycles. The predicted molar refractivity (Wildman–Crippen MR) is 47.8 cm³/mol. The molecule has 1 aromatic rings. The molecular weight excluding hydrogens is 162 g/mol. The maximum absolute atomic E-state index is 10.4. The van der Waals surface area contributed by atoms with Gasteiger partial charge in [0.05, 0.1) is 11.5 Å². The lowest BCUT2D eigenvalue weighted by Gasteiger charge is -2.05. The van der Waals surface area contributed by atoms with Crippen LogP contribution in [-0.4, -0.2) is 6.29 Å².